The first-order valence-corrected chi connectivity index (χ1v) is 8.77. The summed E-state index contributed by atoms with van der Waals surface area (Å²) in [6.07, 6.45) is 2.79. The third-order valence-electron chi connectivity index (χ3n) is 4.29. The van der Waals surface area contributed by atoms with E-state index >= 15 is 0 Å². The first-order chi connectivity index (χ1) is 12.7. The van der Waals surface area contributed by atoms with Crippen molar-refractivity contribution in [1.82, 2.24) is 9.88 Å². The zero-order chi connectivity index (χ0) is 18.4. The van der Waals surface area contributed by atoms with Gasteiger partial charge in [0.25, 0.3) is 0 Å². The molecule has 0 saturated heterocycles. The van der Waals surface area contributed by atoms with Gasteiger partial charge >= 0.3 is 11.8 Å². The standard InChI is InChI=1S/C21H22N2O3/c1-16-19(18-13-6-3-7-14-18)26-21(25)23(16)20(24)22-15-9-8-12-17-10-4-2-5-11-17/h2-7,10-11,13-14H,8-9,12,15H2,1H3,(H,22,24). The van der Waals surface area contributed by atoms with E-state index in [9.17, 15) is 9.59 Å². The van der Waals surface area contributed by atoms with Crippen LogP contribution in [0.5, 0.6) is 0 Å². The van der Waals surface area contributed by atoms with Gasteiger partial charge in [-0.2, -0.15) is 4.57 Å². The number of hydrogen-bond donors (Lipinski definition) is 1. The summed E-state index contributed by atoms with van der Waals surface area (Å²) >= 11 is 0. The molecule has 0 unspecified atom stereocenters. The molecule has 3 aromatic rings. The molecule has 26 heavy (non-hydrogen) atoms. The van der Waals surface area contributed by atoms with Gasteiger partial charge in [0.2, 0.25) is 0 Å². The maximum absolute atomic E-state index is 12.4. The highest BCUT2D eigenvalue weighted by Crippen LogP contribution is 2.21. The average Bonchev–Trinajstić information content (AvgIpc) is 2.97. The summed E-state index contributed by atoms with van der Waals surface area (Å²) in [7, 11) is 0. The number of unbranched alkanes of at least 4 members (excludes halogenated alkanes) is 1. The summed E-state index contributed by atoms with van der Waals surface area (Å²) in [5.41, 5.74) is 2.56. The number of aromatic nitrogens is 1. The topological polar surface area (TPSA) is 64.2 Å². The van der Waals surface area contributed by atoms with E-state index in [0.29, 0.717) is 18.0 Å². The van der Waals surface area contributed by atoms with E-state index in [0.717, 1.165) is 29.4 Å². The number of nitrogens with one attached hydrogen (secondary N) is 1. The quantitative estimate of drug-likeness (QED) is 0.684. The van der Waals surface area contributed by atoms with E-state index in [4.69, 9.17) is 4.42 Å². The molecule has 134 valence electrons. The number of carbonyl (C=O) groups excluding carboxylic acids is 1. The van der Waals surface area contributed by atoms with E-state index in [1.54, 1.807) is 6.92 Å². The summed E-state index contributed by atoms with van der Waals surface area (Å²) in [5.74, 6) is -0.238. The number of hydrogen-bond acceptors (Lipinski definition) is 3. The van der Waals surface area contributed by atoms with Crippen LogP contribution in [0.3, 0.4) is 0 Å². The summed E-state index contributed by atoms with van der Waals surface area (Å²) in [6, 6.07) is 19.1. The maximum atomic E-state index is 12.4. The maximum Gasteiger partial charge on any atom is 0.428 e. The van der Waals surface area contributed by atoms with Gasteiger partial charge in [0.05, 0.1) is 5.69 Å². The van der Waals surface area contributed by atoms with Gasteiger partial charge in [-0.3, -0.25) is 0 Å². The van der Waals surface area contributed by atoms with E-state index in [2.05, 4.69) is 17.4 Å². The third kappa shape index (κ3) is 4.11. The van der Waals surface area contributed by atoms with Crippen LogP contribution in [0.25, 0.3) is 11.3 Å². The predicted octanol–water partition coefficient (Wildman–Crippen LogP) is 4.00. The van der Waals surface area contributed by atoms with Crippen LogP contribution in [0, 0.1) is 6.92 Å². The second-order valence-corrected chi connectivity index (χ2v) is 6.16. The minimum absolute atomic E-state index is 0.426. The van der Waals surface area contributed by atoms with Gasteiger partial charge in [-0.1, -0.05) is 60.7 Å². The van der Waals surface area contributed by atoms with Crippen molar-refractivity contribution >= 4 is 6.03 Å². The van der Waals surface area contributed by atoms with Crippen LogP contribution in [-0.2, 0) is 6.42 Å². The van der Waals surface area contributed by atoms with Crippen LogP contribution in [0.15, 0.2) is 69.9 Å². The number of aryl methyl sites for hydroxylation is 1. The first-order valence-electron chi connectivity index (χ1n) is 8.77. The highest BCUT2D eigenvalue weighted by atomic mass is 16.4. The minimum atomic E-state index is -0.664. The molecule has 5 nitrogen and oxygen atoms in total. The molecule has 0 atom stereocenters. The van der Waals surface area contributed by atoms with Crippen molar-refractivity contribution in [2.75, 3.05) is 6.54 Å². The van der Waals surface area contributed by atoms with E-state index in [-0.39, 0.29) is 0 Å². The van der Waals surface area contributed by atoms with Crippen molar-refractivity contribution in [3.63, 3.8) is 0 Å². The van der Waals surface area contributed by atoms with E-state index in [1.807, 2.05) is 48.5 Å². The summed E-state index contributed by atoms with van der Waals surface area (Å²) in [6.45, 7) is 2.23. The SMILES string of the molecule is Cc1c(-c2ccccc2)oc(=O)n1C(=O)NCCCCc1ccccc1. The molecule has 0 spiro atoms. The Hall–Kier alpha value is -3.08. The fraction of sp³-hybridized carbons (Fsp3) is 0.238. The number of oxazole rings is 1. The molecule has 0 radical (unpaired) electrons. The fourth-order valence-corrected chi connectivity index (χ4v) is 2.91. The van der Waals surface area contributed by atoms with Crippen LogP contribution in [0.4, 0.5) is 4.79 Å². The molecule has 0 aliphatic carbocycles. The highest BCUT2D eigenvalue weighted by Gasteiger charge is 2.19. The lowest BCUT2D eigenvalue weighted by Crippen LogP contribution is -2.35. The third-order valence-corrected chi connectivity index (χ3v) is 4.29. The molecule has 0 bridgehead atoms. The molecule has 1 aromatic heterocycles. The van der Waals surface area contributed by atoms with Crippen molar-refractivity contribution in [2.24, 2.45) is 0 Å². The van der Waals surface area contributed by atoms with Crippen molar-refractivity contribution in [3.05, 3.63) is 82.5 Å². The molecule has 1 heterocycles. The van der Waals surface area contributed by atoms with Gasteiger partial charge in [0.15, 0.2) is 5.76 Å². The largest absolute Gasteiger partial charge is 0.428 e. The summed E-state index contributed by atoms with van der Waals surface area (Å²) in [5, 5.41) is 2.80. The first kappa shape index (κ1) is 17.7. The lowest BCUT2D eigenvalue weighted by Gasteiger charge is -2.06. The number of carbonyl (C=O) groups is 1. The zero-order valence-electron chi connectivity index (χ0n) is 14.8. The predicted molar refractivity (Wildman–Crippen MR) is 101 cm³/mol. The molecule has 1 amide bonds. The van der Waals surface area contributed by atoms with Gasteiger partial charge < -0.3 is 9.73 Å². The monoisotopic (exact) mass is 350 g/mol. The smallest absolute Gasteiger partial charge is 0.407 e. The second-order valence-electron chi connectivity index (χ2n) is 6.16. The van der Waals surface area contributed by atoms with Crippen LogP contribution >= 0.6 is 0 Å². The van der Waals surface area contributed by atoms with Gasteiger partial charge in [-0.05, 0) is 31.7 Å². The molecule has 3 rings (SSSR count). The van der Waals surface area contributed by atoms with Gasteiger partial charge in [-0.15, -0.1) is 0 Å². The number of benzene rings is 2. The number of amides is 1. The molecule has 1 N–H and O–H groups in total. The van der Waals surface area contributed by atoms with Crippen LogP contribution in [0.1, 0.15) is 24.1 Å². The minimum Gasteiger partial charge on any atom is -0.407 e. The van der Waals surface area contributed by atoms with E-state index in [1.165, 1.54) is 5.56 Å². The molecule has 0 aliphatic heterocycles. The van der Waals surface area contributed by atoms with Crippen molar-refractivity contribution in [1.29, 1.82) is 0 Å². The van der Waals surface area contributed by atoms with Gasteiger partial charge in [0.1, 0.15) is 0 Å². The molecule has 0 aliphatic rings. The summed E-state index contributed by atoms with van der Waals surface area (Å²) in [4.78, 5) is 24.4. The molecular formula is C21H22N2O3. The lowest BCUT2D eigenvalue weighted by molar-refractivity contribution is 0.240. The number of nitrogens with zero attached hydrogens (tertiary/aromatic N) is 1. The molecule has 2 aromatic carbocycles. The Labute approximate surface area is 152 Å². The fourth-order valence-electron chi connectivity index (χ4n) is 2.91. The normalized spacial score (nSPS) is 10.7. The van der Waals surface area contributed by atoms with Crippen LogP contribution in [-0.4, -0.2) is 17.1 Å². The summed E-state index contributed by atoms with van der Waals surface area (Å²) < 4.78 is 6.34. The molecule has 0 fully saturated rings. The molecule has 0 saturated carbocycles. The number of rotatable bonds is 6. The van der Waals surface area contributed by atoms with Gasteiger partial charge in [-0.25, -0.2) is 9.59 Å². The average molecular weight is 350 g/mol. The van der Waals surface area contributed by atoms with E-state index < -0.39 is 11.8 Å². The van der Waals surface area contributed by atoms with Crippen molar-refractivity contribution < 1.29 is 9.21 Å². The van der Waals surface area contributed by atoms with Crippen LogP contribution < -0.4 is 11.1 Å². The highest BCUT2D eigenvalue weighted by molar-refractivity contribution is 5.79. The second kappa shape index (κ2) is 8.34. The van der Waals surface area contributed by atoms with Crippen LogP contribution in [0.2, 0.25) is 0 Å². The Bertz CT molecular complexity index is 911. The Balaban J connectivity index is 1.57. The zero-order valence-corrected chi connectivity index (χ0v) is 14.8. The Morgan fingerprint density at radius 1 is 1.00 bits per heavy atom. The van der Waals surface area contributed by atoms with Gasteiger partial charge in [0, 0.05) is 12.1 Å². The lowest BCUT2D eigenvalue weighted by atomic mass is 10.1. The Morgan fingerprint density at radius 3 is 2.35 bits per heavy atom. The molecule has 5 heteroatoms. The Kier molecular flexibility index (Phi) is 5.69. The molecular weight excluding hydrogens is 328 g/mol. The van der Waals surface area contributed by atoms with Crippen molar-refractivity contribution in [2.45, 2.75) is 26.2 Å². The Morgan fingerprint density at radius 2 is 1.65 bits per heavy atom. The van der Waals surface area contributed by atoms with Crippen molar-refractivity contribution in [3.8, 4) is 11.3 Å².